The normalized spacial score (nSPS) is 15.6. The molecule has 0 fully saturated rings. The molecule has 0 spiro atoms. The predicted octanol–water partition coefficient (Wildman–Crippen LogP) is 3.43. The fraction of sp³-hybridized carbons (Fsp3) is 0.158. The number of oxazole rings is 1. The Bertz CT molecular complexity index is 906. The van der Waals surface area contributed by atoms with Gasteiger partial charge in [0.15, 0.2) is 23.7 Å². The van der Waals surface area contributed by atoms with Crippen LogP contribution < -0.4 is 14.8 Å². The lowest BCUT2D eigenvalue weighted by Gasteiger charge is -2.25. The molecule has 1 atom stereocenters. The molecule has 4 rings (SSSR count). The highest BCUT2D eigenvalue weighted by Crippen LogP contribution is 2.31. The summed E-state index contributed by atoms with van der Waals surface area (Å²) in [6.45, 7) is 2.13. The van der Waals surface area contributed by atoms with Crippen LogP contribution in [0.2, 0.25) is 0 Å². The SMILES string of the molecule is Cc1cc(NC(=O)C2COc3ccccc3O2)ccc1-c1cnco1. The molecule has 25 heavy (non-hydrogen) atoms. The van der Waals surface area contributed by atoms with Crippen molar-refractivity contribution < 1.29 is 18.7 Å². The number of nitrogens with one attached hydrogen (secondary N) is 1. The molecule has 2 heterocycles. The van der Waals surface area contributed by atoms with Gasteiger partial charge >= 0.3 is 0 Å². The summed E-state index contributed by atoms with van der Waals surface area (Å²) >= 11 is 0. The standard InChI is InChI=1S/C19H16N2O4/c1-12-8-13(6-7-14(12)17-9-20-11-24-17)21-19(22)18-10-23-15-4-2-3-5-16(15)25-18/h2-9,11,18H,10H2,1H3,(H,21,22). The maximum absolute atomic E-state index is 12.5. The molecule has 6 nitrogen and oxygen atoms in total. The van der Waals surface area contributed by atoms with Crippen LogP contribution in [-0.4, -0.2) is 23.6 Å². The second-order valence-corrected chi connectivity index (χ2v) is 5.75. The van der Waals surface area contributed by atoms with Gasteiger partial charge in [0.2, 0.25) is 6.10 Å². The molecule has 0 radical (unpaired) electrons. The molecule has 0 saturated heterocycles. The van der Waals surface area contributed by atoms with Crippen LogP contribution in [0.1, 0.15) is 5.56 Å². The summed E-state index contributed by atoms with van der Waals surface area (Å²) in [5.41, 5.74) is 2.59. The third-order valence-corrected chi connectivity index (χ3v) is 3.99. The van der Waals surface area contributed by atoms with Crippen molar-refractivity contribution in [1.82, 2.24) is 4.98 Å². The fourth-order valence-electron chi connectivity index (χ4n) is 2.74. The molecule has 0 aliphatic carbocycles. The van der Waals surface area contributed by atoms with Crippen molar-refractivity contribution in [3.05, 3.63) is 60.6 Å². The first-order valence-electron chi connectivity index (χ1n) is 7.89. The Morgan fingerprint density at radius 3 is 2.80 bits per heavy atom. The van der Waals surface area contributed by atoms with E-state index in [1.165, 1.54) is 6.39 Å². The maximum Gasteiger partial charge on any atom is 0.269 e. The van der Waals surface area contributed by atoms with Gasteiger partial charge in [-0.05, 0) is 42.8 Å². The van der Waals surface area contributed by atoms with Gasteiger partial charge in [-0.3, -0.25) is 4.79 Å². The largest absolute Gasteiger partial charge is 0.485 e. The molecule has 6 heteroatoms. The molecule has 1 aromatic heterocycles. The Morgan fingerprint density at radius 2 is 2.04 bits per heavy atom. The quantitative estimate of drug-likeness (QED) is 0.793. The van der Waals surface area contributed by atoms with Gasteiger partial charge < -0.3 is 19.2 Å². The van der Waals surface area contributed by atoms with Gasteiger partial charge in [-0.25, -0.2) is 4.98 Å². The van der Waals surface area contributed by atoms with Crippen LogP contribution >= 0.6 is 0 Å². The average molecular weight is 336 g/mol. The molecule has 2 aromatic carbocycles. The summed E-state index contributed by atoms with van der Waals surface area (Å²) in [7, 11) is 0. The van der Waals surface area contributed by atoms with Gasteiger partial charge in [0.25, 0.3) is 5.91 Å². The van der Waals surface area contributed by atoms with E-state index in [9.17, 15) is 4.79 Å². The van der Waals surface area contributed by atoms with Gasteiger partial charge in [-0.1, -0.05) is 12.1 Å². The van der Waals surface area contributed by atoms with Crippen LogP contribution in [0.5, 0.6) is 11.5 Å². The molecule has 1 aliphatic heterocycles. The van der Waals surface area contributed by atoms with Crippen molar-refractivity contribution in [3.63, 3.8) is 0 Å². The highest BCUT2D eigenvalue weighted by molar-refractivity contribution is 5.95. The molecule has 1 unspecified atom stereocenters. The number of hydrogen-bond acceptors (Lipinski definition) is 5. The molecule has 1 aliphatic rings. The van der Waals surface area contributed by atoms with Crippen LogP contribution in [0.25, 0.3) is 11.3 Å². The zero-order valence-electron chi connectivity index (χ0n) is 13.6. The van der Waals surface area contributed by atoms with E-state index in [4.69, 9.17) is 13.9 Å². The Hall–Kier alpha value is -3.28. The molecule has 3 aromatic rings. The van der Waals surface area contributed by atoms with Crippen molar-refractivity contribution in [3.8, 4) is 22.8 Å². The molecule has 1 N–H and O–H groups in total. The summed E-state index contributed by atoms with van der Waals surface area (Å²) in [5, 5.41) is 2.87. The maximum atomic E-state index is 12.5. The van der Waals surface area contributed by atoms with E-state index in [2.05, 4.69) is 10.3 Å². The van der Waals surface area contributed by atoms with Crippen molar-refractivity contribution >= 4 is 11.6 Å². The highest BCUT2D eigenvalue weighted by Gasteiger charge is 2.27. The van der Waals surface area contributed by atoms with Gasteiger partial charge in [0.1, 0.15) is 6.61 Å². The van der Waals surface area contributed by atoms with E-state index in [1.54, 1.807) is 12.3 Å². The van der Waals surface area contributed by atoms with Gasteiger partial charge in [-0.15, -0.1) is 0 Å². The topological polar surface area (TPSA) is 73.6 Å². The second-order valence-electron chi connectivity index (χ2n) is 5.75. The number of carbonyl (C=O) groups excluding carboxylic acids is 1. The van der Waals surface area contributed by atoms with Crippen LogP contribution in [0.4, 0.5) is 5.69 Å². The zero-order chi connectivity index (χ0) is 17.2. The number of hydrogen-bond donors (Lipinski definition) is 1. The van der Waals surface area contributed by atoms with Crippen LogP contribution in [0.15, 0.2) is 59.5 Å². The summed E-state index contributed by atoms with van der Waals surface area (Å²) in [4.78, 5) is 16.4. The summed E-state index contributed by atoms with van der Waals surface area (Å²) in [5.74, 6) is 1.67. The first-order chi connectivity index (χ1) is 12.2. The lowest BCUT2D eigenvalue weighted by atomic mass is 10.1. The number of para-hydroxylation sites is 2. The third kappa shape index (κ3) is 3.06. The highest BCUT2D eigenvalue weighted by atomic mass is 16.6. The van der Waals surface area contributed by atoms with Crippen molar-refractivity contribution in [2.75, 3.05) is 11.9 Å². The molecular formula is C19H16N2O4. The number of ether oxygens (including phenoxy) is 2. The minimum atomic E-state index is -0.691. The Balaban J connectivity index is 1.47. The minimum absolute atomic E-state index is 0.179. The lowest BCUT2D eigenvalue weighted by molar-refractivity contribution is -0.125. The van der Waals surface area contributed by atoms with E-state index in [0.29, 0.717) is 22.9 Å². The van der Waals surface area contributed by atoms with Crippen molar-refractivity contribution in [2.45, 2.75) is 13.0 Å². The van der Waals surface area contributed by atoms with E-state index in [1.807, 2.05) is 43.3 Å². The second kappa shape index (κ2) is 6.32. The van der Waals surface area contributed by atoms with E-state index in [-0.39, 0.29) is 12.5 Å². The first-order valence-corrected chi connectivity index (χ1v) is 7.89. The van der Waals surface area contributed by atoms with E-state index >= 15 is 0 Å². The Morgan fingerprint density at radius 1 is 1.20 bits per heavy atom. The average Bonchev–Trinajstić information content (AvgIpc) is 3.15. The number of rotatable bonds is 3. The van der Waals surface area contributed by atoms with Gasteiger partial charge in [-0.2, -0.15) is 0 Å². The zero-order valence-corrected chi connectivity index (χ0v) is 13.6. The van der Waals surface area contributed by atoms with Gasteiger partial charge in [0, 0.05) is 11.3 Å². The van der Waals surface area contributed by atoms with E-state index < -0.39 is 6.10 Å². The van der Waals surface area contributed by atoms with Crippen LogP contribution in [0, 0.1) is 6.92 Å². The number of carbonyl (C=O) groups is 1. The third-order valence-electron chi connectivity index (χ3n) is 3.99. The lowest BCUT2D eigenvalue weighted by Crippen LogP contribution is -2.40. The molecule has 1 amide bonds. The monoisotopic (exact) mass is 336 g/mol. The number of aryl methyl sites for hydroxylation is 1. The minimum Gasteiger partial charge on any atom is -0.485 e. The van der Waals surface area contributed by atoms with Crippen molar-refractivity contribution in [2.24, 2.45) is 0 Å². The Labute approximate surface area is 144 Å². The van der Waals surface area contributed by atoms with Crippen LogP contribution in [-0.2, 0) is 4.79 Å². The first kappa shape index (κ1) is 15.3. The molecular weight excluding hydrogens is 320 g/mol. The smallest absolute Gasteiger partial charge is 0.269 e. The summed E-state index contributed by atoms with van der Waals surface area (Å²) in [6, 6.07) is 12.9. The van der Waals surface area contributed by atoms with Crippen LogP contribution in [0.3, 0.4) is 0 Å². The fourth-order valence-corrected chi connectivity index (χ4v) is 2.74. The number of anilines is 1. The summed E-state index contributed by atoms with van der Waals surface area (Å²) < 4.78 is 16.6. The number of fused-ring (bicyclic) bond motifs is 1. The number of amides is 1. The Kier molecular flexibility index (Phi) is 3.85. The predicted molar refractivity (Wildman–Crippen MR) is 91.7 cm³/mol. The van der Waals surface area contributed by atoms with Gasteiger partial charge in [0.05, 0.1) is 6.20 Å². The van der Waals surface area contributed by atoms with Crippen molar-refractivity contribution in [1.29, 1.82) is 0 Å². The number of nitrogens with zero attached hydrogens (tertiary/aromatic N) is 1. The van der Waals surface area contributed by atoms with E-state index in [0.717, 1.165) is 11.1 Å². The molecule has 126 valence electrons. The number of aromatic nitrogens is 1. The number of benzene rings is 2. The molecule has 0 saturated carbocycles. The summed E-state index contributed by atoms with van der Waals surface area (Å²) in [6.07, 6.45) is 2.36. The molecule has 0 bridgehead atoms.